The topological polar surface area (TPSA) is 41.6 Å². The first-order valence-corrected chi connectivity index (χ1v) is 8.44. The Morgan fingerprint density at radius 2 is 1.96 bits per heavy atom. The average molecular weight is 381 g/mol. The van der Waals surface area contributed by atoms with Gasteiger partial charge in [0.25, 0.3) is 0 Å². The maximum absolute atomic E-state index is 12.9. The van der Waals surface area contributed by atoms with E-state index in [4.69, 9.17) is 16.3 Å². The molecule has 1 N–H and O–H groups in total. The Morgan fingerprint density at radius 3 is 2.68 bits per heavy atom. The largest absolute Gasteiger partial charge is 0.496 e. The number of carbonyl (C=O) groups is 1. The minimum Gasteiger partial charge on any atom is -0.496 e. The van der Waals surface area contributed by atoms with Gasteiger partial charge in [0.15, 0.2) is 0 Å². The number of benzene rings is 2. The monoisotopic (exact) mass is 380 g/mol. The molecule has 1 saturated heterocycles. The first-order valence-electron chi connectivity index (χ1n) is 8.06. The van der Waals surface area contributed by atoms with Crippen molar-refractivity contribution in [1.82, 2.24) is 10.2 Å². The summed E-state index contributed by atoms with van der Waals surface area (Å²) in [5.41, 5.74) is 2.01. The Hall–Kier alpha value is -1.75. The zero-order valence-electron chi connectivity index (χ0n) is 14.1. The second kappa shape index (κ2) is 9.09. The fraction of sp³-hybridized carbons (Fsp3) is 0.316. The second-order valence-electron chi connectivity index (χ2n) is 5.85. The van der Waals surface area contributed by atoms with Crippen LogP contribution in [0.25, 0.3) is 0 Å². The molecule has 0 saturated carbocycles. The van der Waals surface area contributed by atoms with Crippen LogP contribution < -0.4 is 10.1 Å². The molecule has 1 aliphatic rings. The quantitative estimate of drug-likeness (QED) is 0.882. The van der Waals surface area contributed by atoms with Crippen molar-refractivity contribution in [2.24, 2.45) is 0 Å². The van der Waals surface area contributed by atoms with E-state index in [1.165, 1.54) is 0 Å². The Balaban J connectivity index is 0.00000225. The molecule has 134 valence electrons. The third kappa shape index (κ3) is 4.66. The van der Waals surface area contributed by atoms with Crippen LogP contribution in [0.15, 0.2) is 48.5 Å². The minimum absolute atomic E-state index is 0. The van der Waals surface area contributed by atoms with Crippen LogP contribution >= 0.6 is 24.0 Å². The van der Waals surface area contributed by atoms with Gasteiger partial charge in [0.1, 0.15) is 5.75 Å². The van der Waals surface area contributed by atoms with Crippen LogP contribution in [-0.2, 0) is 11.2 Å². The average Bonchev–Trinajstić information content (AvgIpc) is 2.63. The number of ether oxygens (including phenoxy) is 1. The van der Waals surface area contributed by atoms with Gasteiger partial charge in [0.2, 0.25) is 5.91 Å². The highest BCUT2D eigenvalue weighted by Crippen LogP contribution is 2.30. The molecule has 0 aromatic heterocycles. The van der Waals surface area contributed by atoms with E-state index in [9.17, 15) is 4.79 Å². The SMILES string of the molecule is COc1ccccc1C1CNCCN1C(=O)Cc1ccc(Cl)cc1.Cl. The Morgan fingerprint density at radius 1 is 1.24 bits per heavy atom. The van der Waals surface area contributed by atoms with Crippen LogP contribution in [0.4, 0.5) is 0 Å². The number of nitrogens with zero attached hydrogens (tertiary/aromatic N) is 1. The van der Waals surface area contributed by atoms with Gasteiger partial charge in [-0.1, -0.05) is 41.9 Å². The summed E-state index contributed by atoms with van der Waals surface area (Å²) < 4.78 is 5.48. The van der Waals surface area contributed by atoms with E-state index in [1.807, 2.05) is 53.4 Å². The molecular formula is C19H22Cl2N2O2. The predicted octanol–water partition coefficient (Wildman–Crippen LogP) is 3.49. The summed E-state index contributed by atoms with van der Waals surface area (Å²) in [6.45, 7) is 2.22. The molecule has 1 heterocycles. The molecule has 1 amide bonds. The maximum Gasteiger partial charge on any atom is 0.227 e. The zero-order chi connectivity index (χ0) is 16.9. The molecule has 0 spiro atoms. The van der Waals surface area contributed by atoms with Gasteiger partial charge in [-0.15, -0.1) is 12.4 Å². The van der Waals surface area contributed by atoms with Crippen molar-refractivity contribution in [2.45, 2.75) is 12.5 Å². The van der Waals surface area contributed by atoms with E-state index in [1.54, 1.807) is 7.11 Å². The van der Waals surface area contributed by atoms with E-state index in [2.05, 4.69) is 5.32 Å². The molecule has 1 aliphatic heterocycles. The van der Waals surface area contributed by atoms with Crippen molar-refractivity contribution in [3.8, 4) is 5.75 Å². The summed E-state index contributed by atoms with van der Waals surface area (Å²) in [4.78, 5) is 14.8. The summed E-state index contributed by atoms with van der Waals surface area (Å²) in [7, 11) is 1.66. The number of halogens is 2. The lowest BCUT2D eigenvalue weighted by molar-refractivity contribution is -0.133. The number of hydrogen-bond donors (Lipinski definition) is 1. The number of carbonyl (C=O) groups excluding carboxylic acids is 1. The molecule has 6 heteroatoms. The molecule has 0 radical (unpaired) electrons. The zero-order valence-corrected chi connectivity index (χ0v) is 15.6. The second-order valence-corrected chi connectivity index (χ2v) is 6.29. The molecule has 3 rings (SSSR count). The Bertz CT molecular complexity index is 707. The van der Waals surface area contributed by atoms with Gasteiger partial charge < -0.3 is 15.0 Å². The summed E-state index contributed by atoms with van der Waals surface area (Å²) >= 11 is 5.92. The van der Waals surface area contributed by atoms with Gasteiger partial charge in [0, 0.05) is 30.2 Å². The van der Waals surface area contributed by atoms with Gasteiger partial charge in [-0.25, -0.2) is 0 Å². The van der Waals surface area contributed by atoms with Gasteiger partial charge in [0.05, 0.1) is 19.6 Å². The van der Waals surface area contributed by atoms with Gasteiger partial charge in [-0.3, -0.25) is 4.79 Å². The lowest BCUT2D eigenvalue weighted by Crippen LogP contribution is -2.49. The van der Waals surface area contributed by atoms with E-state index in [0.29, 0.717) is 18.0 Å². The van der Waals surface area contributed by atoms with Crippen LogP contribution in [0.1, 0.15) is 17.2 Å². The standard InChI is InChI=1S/C19H21ClN2O2.ClH/c1-24-18-5-3-2-4-16(18)17-13-21-10-11-22(17)19(23)12-14-6-8-15(20)9-7-14;/h2-9,17,21H,10-13H2,1H3;1H. The molecule has 2 aromatic carbocycles. The normalized spacial score (nSPS) is 16.9. The predicted molar refractivity (Wildman–Crippen MR) is 103 cm³/mol. The van der Waals surface area contributed by atoms with Crippen LogP contribution in [-0.4, -0.2) is 37.6 Å². The molecule has 0 bridgehead atoms. The molecule has 1 fully saturated rings. The number of methoxy groups -OCH3 is 1. The molecule has 25 heavy (non-hydrogen) atoms. The van der Waals surface area contributed by atoms with Gasteiger partial charge >= 0.3 is 0 Å². The number of nitrogens with one attached hydrogen (secondary N) is 1. The highest BCUT2D eigenvalue weighted by molar-refractivity contribution is 6.30. The fourth-order valence-electron chi connectivity index (χ4n) is 3.10. The van der Waals surface area contributed by atoms with Crippen molar-refractivity contribution in [3.63, 3.8) is 0 Å². The van der Waals surface area contributed by atoms with Crippen LogP contribution in [0.5, 0.6) is 5.75 Å². The lowest BCUT2D eigenvalue weighted by Gasteiger charge is -2.37. The van der Waals surface area contributed by atoms with E-state index >= 15 is 0 Å². The van der Waals surface area contributed by atoms with Crippen LogP contribution in [0, 0.1) is 0 Å². The molecular weight excluding hydrogens is 359 g/mol. The smallest absolute Gasteiger partial charge is 0.227 e. The number of piperazine rings is 1. The highest BCUT2D eigenvalue weighted by atomic mass is 35.5. The van der Waals surface area contributed by atoms with Gasteiger partial charge in [-0.05, 0) is 23.8 Å². The molecule has 2 aromatic rings. The fourth-order valence-corrected chi connectivity index (χ4v) is 3.23. The van der Waals surface area contributed by atoms with Crippen molar-refractivity contribution in [3.05, 3.63) is 64.7 Å². The van der Waals surface area contributed by atoms with Crippen LogP contribution in [0.2, 0.25) is 5.02 Å². The molecule has 1 unspecified atom stereocenters. The lowest BCUT2D eigenvalue weighted by atomic mass is 10.0. The number of rotatable bonds is 4. The maximum atomic E-state index is 12.9. The molecule has 1 atom stereocenters. The van der Waals surface area contributed by atoms with Crippen molar-refractivity contribution >= 4 is 29.9 Å². The van der Waals surface area contributed by atoms with Crippen molar-refractivity contribution < 1.29 is 9.53 Å². The Kier molecular flexibility index (Phi) is 7.12. The van der Waals surface area contributed by atoms with E-state index in [0.717, 1.165) is 30.0 Å². The first kappa shape index (κ1) is 19.6. The number of amides is 1. The molecule has 4 nitrogen and oxygen atoms in total. The molecule has 0 aliphatic carbocycles. The summed E-state index contributed by atoms with van der Waals surface area (Å²) in [6, 6.07) is 15.3. The highest BCUT2D eigenvalue weighted by Gasteiger charge is 2.29. The minimum atomic E-state index is -0.0188. The number of hydrogen-bond acceptors (Lipinski definition) is 3. The Labute approximate surface area is 159 Å². The van der Waals surface area contributed by atoms with Crippen LogP contribution in [0.3, 0.4) is 0 Å². The van der Waals surface area contributed by atoms with E-state index in [-0.39, 0.29) is 24.4 Å². The third-order valence-electron chi connectivity index (χ3n) is 4.33. The van der Waals surface area contributed by atoms with Crippen molar-refractivity contribution in [2.75, 3.05) is 26.7 Å². The van der Waals surface area contributed by atoms with Crippen molar-refractivity contribution in [1.29, 1.82) is 0 Å². The number of para-hydroxylation sites is 1. The summed E-state index contributed by atoms with van der Waals surface area (Å²) in [5.74, 6) is 0.935. The van der Waals surface area contributed by atoms with Gasteiger partial charge in [-0.2, -0.15) is 0 Å². The summed E-state index contributed by atoms with van der Waals surface area (Å²) in [5, 5.41) is 4.05. The van der Waals surface area contributed by atoms with E-state index < -0.39 is 0 Å². The third-order valence-corrected chi connectivity index (χ3v) is 4.58. The summed E-state index contributed by atoms with van der Waals surface area (Å²) in [6.07, 6.45) is 0.378. The first-order chi connectivity index (χ1) is 11.7.